The van der Waals surface area contributed by atoms with Crippen LogP contribution in [0.15, 0.2) is 65.2 Å². The topological polar surface area (TPSA) is 58.4 Å². The van der Waals surface area contributed by atoms with Gasteiger partial charge in [0.05, 0.1) is 6.04 Å². The number of hydrogen-bond acceptors (Lipinski definition) is 4. The summed E-state index contributed by atoms with van der Waals surface area (Å²) in [6.07, 6.45) is 0. The number of benzene rings is 2. The fraction of sp³-hybridized carbons (Fsp3) is 0.200. The Balaban J connectivity index is 1.67. The van der Waals surface area contributed by atoms with Crippen molar-refractivity contribution in [3.63, 3.8) is 0 Å². The Morgan fingerprint density at radius 1 is 1.15 bits per heavy atom. The van der Waals surface area contributed by atoms with Crippen molar-refractivity contribution in [3.8, 4) is 11.3 Å². The van der Waals surface area contributed by atoms with Crippen LogP contribution in [-0.2, 0) is 0 Å². The lowest BCUT2D eigenvalue weighted by Gasteiger charge is -2.25. The van der Waals surface area contributed by atoms with Crippen molar-refractivity contribution < 1.29 is 9.32 Å². The van der Waals surface area contributed by atoms with E-state index in [-0.39, 0.29) is 17.6 Å². The van der Waals surface area contributed by atoms with Gasteiger partial charge in [-0.2, -0.15) is 0 Å². The molecule has 1 amide bonds. The Bertz CT molecular complexity index is 860. The molecular formula is C20H20ClN3O2. The van der Waals surface area contributed by atoms with Crippen LogP contribution in [0.1, 0.15) is 22.1 Å². The van der Waals surface area contributed by atoms with Crippen molar-refractivity contribution in [2.24, 2.45) is 0 Å². The molecule has 0 unspecified atom stereocenters. The van der Waals surface area contributed by atoms with E-state index in [2.05, 4.69) is 10.5 Å². The molecule has 1 N–H and O–H groups in total. The molecule has 0 aliphatic rings. The van der Waals surface area contributed by atoms with Crippen molar-refractivity contribution in [1.82, 2.24) is 15.4 Å². The molecule has 3 rings (SSSR count). The van der Waals surface area contributed by atoms with Crippen molar-refractivity contribution in [2.45, 2.75) is 6.04 Å². The Kier molecular flexibility index (Phi) is 5.71. The maximum atomic E-state index is 12.4. The minimum Gasteiger partial charge on any atom is -0.355 e. The van der Waals surface area contributed by atoms with Gasteiger partial charge < -0.3 is 14.7 Å². The molecule has 6 heteroatoms. The van der Waals surface area contributed by atoms with Crippen LogP contribution in [0.2, 0.25) is 5.02 Å². The summed E-state index contributed by atoms with van der Waals surface area (Å²) < 4.78 is 5.29. The number of nitrogens with one attached hydrogen (secondary N) is 1. The highest BCUT2D eigenvalue weighted by molar-refractivity contribution is 6.30. The average molecular weight is 370 g/mol. The first-order chi connectivity index (χ1) is 12.5. The number of rotatable bonds is 6. The lowest BCUT2D eigenvalue weighted by molar-refractivity contribution is 0.0933. The fourth-order valence-electron chi connectivity index (χ4n) is 2.68. The normalized spacial score (nSPS) is 12.2. The molecule has 0 aliphatic heterocycles. The number of carbonyl (C=O) groups excluding carboxylic acids is 1. The molecule has 1 atom stereocenters. The molecule has 1 heterocycles. The zero-order valence-corrected chi connectivity index (χ0v) is 15.4. The van der Waals surface area contributed by atoms with Gasteiger partial charge in [0.15, 0.2) is 11.5 Å². The van der Waals surface area contributed by atoms with E-state index in [0.29, 0.717) is 17.3 Å². The lowest BCUT2D eigenvalue weighted by atomic mass is 10.1. The van der Waals surface area contributed by atoms with Gasteiger partial charge in [-0.25, -0.2) is 0 Å². The number of nitrogens with zero attached hydrogens (tertiary/aromatic N) is 2. The smallest absolute Gasteiger partial charge is 0.273 e. The van der Waals surface area contributed by atoms with Crippen LogP contribution in [-0.4, -0.2) is 36.6 Å². The zero-order chi connectivity index (χ0) is 18.5. The number of likely N-dealkylation sites (N-methyl/N-ethyl adjacent to an activating group) is 1. The van der Waals surface area contributed by atoms with Crippen LogP contribution in [0.25, 0.3) is 11.3 Å². The van der Waals surface area contributed by atoms with Gasteiger partial charge in [-0.1, -0.05) is 59.2 Å². The number of carbonyl (C=O) groups is 1. The van der Waals surface area contributed by atoms with Crippen LogP contribution < -0.4 is 5.32 Å². The van der Waals surface area contributed by atoms with Crippen molar-refractivity contribution >= 4 is 17.5 Å². The first-order valence-corrected chi connectivity index (χ1v) is 8.64. The van der Waals surface area contributed by atoms with Crippen LogP contribution in [0.4, 0.5) is 0 Å². The summed E-state index contributed by atoms with van der Waals surface area (Å²) in [5.41, 5.74) is 2.22. The molecule has 3 aromatic rings. The van der Waals surface area contributed by atoms with Gasteiger partial charge >= 0.3 is 0 Å². The maximum Gasteiger partial charge on any atom is 0.273 e. The van der Waals surface area contributed by atoms with E-state index >= 15 is 0 Å². The highest BCUT2D eigenvalue weighted by atomic mass is 35.5. The van der Waals surface area contributed by atoms with Gasteiger partial charge in [-0.15, -0.1) is 0 Å². The second-order valence-corrected chi connectivity index (χ2v) is 6.62. The Morgan fingerprint density at radius 2 is 1.85 bits per heavy atom. The number of hydrogen-bond donors (Lipinski definition) is 1. The first kappa shape index (κ1) is 18.2. The second-order valence-electron chi connectivity index (χ2n) is 6.18. The lowest BCUT2D eigenvalue weighted by Crippen LogP contribution is -2.34. The van der Waals surface area contributed by atoms with Crippen molar-refractivity contribution in [2.75, 3.05) is 20.6 Å². The van der Waals surface area contributed by atoms with E-state index in [0.717, 1.165) is 11.1 Å². The molecule has 0 fully saturated rings. The molecular weight excluding hydrogens is 350 g/mol. The molecule has 0 radical (unpaired) electrons. The van der Waals surface area contributed by atoms with Crippen LogP contribution in [0.5, 0.6) is 0 Å². The molecule has 2 aromatic carbocycles. The van der Waals surface area contributed by atoms with Crippen LogP contribution >= 0.6 is 11.6 Å². The van der Waals surface area contributed by atoms with Gasteiger partial charge in [0.25, 0.3) is 5.91 Å². The predicted octanol–water partition coefficient (Wildman–Crippen LogP) is 4.03. The van der Waals surface area contributed by atoms with E-state index in [1.54, 1.807) is 6.07 Å². The van der Waals surface area contributed by atoms with Gasteiger partial charge in [0.2, 0.25) is 0 Å². The molecule has 1 aromatic heterocycles. The number of halogens is 1. The highest BCUT2D eigenvalue weighted by Crippen LogP contribution is 2.21. The first-order valence-electron chi connectivity index (χ1n) is 8.27. The monoisotopic (exact) mass is 369 g/mol. The second kappa shape index (κ2) is 8.17. The minimum atomic E-state index is -0.267. The van der Waals surface area contributed by atoms with E-state index in [4.69, 9.17) is 16.1 Å². The molecule has 26 heavy (non-hydrogen) atoms. The fourth-order valence-corrected chi connectivity index (χ4v) is 2.81. The summed E-state index contributed by atoms with van der Waals surface area (Å²) in [7, 11) is 3.93. The molecule has 0 saturated heterocycles. The van der Waals surface area contributed by atoms with Gasteiger partial charge in [-0.3, -0.25) is 4.79 Å². The van der Waals surface area contributed by atoms with E-state index < -0.39 is 0 Å². The molecule has 5 nitrogen and oxygen atoms in total. The van der Waals surface area contributed by atoms with Crippen LogP contribution in [0.3, 0.4) is 0 Å². The van der Waals surface area contributed by atoms with E-state index in [1.165, 1.54) is 0 Å². The average Bonchev–Trinajstić information content (AvgIpc) is 3.14. The predicted molar refractivity (Wildman–Crippen MR) is 102 cm³/mol. The van der Waals surface area contributed by atoms with Gasteiger partial charge in [0.1, 0.15) is 0 Å². The summed E-state index contributed by atoms with van der Waals surface area (Å²) in [5, 5.41) is 7.49. The van der Waals surface area contributed by atoms with Crippen molar-refractivity contribution in [1.29, 1.82) is 0 Å². The van der Waals surface area contributed by atoms with Crippen molar-refractivity contribution in [3.05, 3.63) is 76.9 Å². The van der Waals surface area contributed by atoms with E-state index in [9.17, 15) is 4.79 Å². The largest absolute Gasteiger partial charge is 0.355 e. The van der Waals surface area contributed by atoms with E-state index in [1.807, 2.05) is 73.6 Å². The minimum absolute atomic E-state index is 0.0247. The number of aromatic nitrogens is 1. The highest BCUT2D eigenvalue weighted by Gasteiger charge is 2.18. The molecule has 0 spiro atoms. The zero-order valence-electron chi connectivity index (χ0n) is 14.6. The maximum absolute atomic E-state index is 12.4. The molecule has 0 bridgehead atoms. The number of amides is 1. The third kappa shape index (κ3) is 4.31. The summed E-state index contributed by atoms with van der Waals surface area (Å²) in [4.78, 5) is 14.5. The third-order valence-corrected chi connectivity index (χ3v) is 4.39. The summed E-state index contributed by atoms with van der Waals surface area (Å²) in [5.74, 6) is 0.300. The summed E-state index contributed by atoms with van der Waals surface area (Å²) in [6.45, 7) is 0.445. The van der Waals surface area contributed by atoms with Gasteiger partial charge in [0, 0.05) is 23.2 Å². The van der Waals surface area contributed by atoms with Gasteiger partial charge in [-0.05, 0) is 31.8 Å². The SMILES string of the molecule is CN(C)[C@@H](CNC(=O)c1cc(-c2ccccc2)on1)c1ccc(Cl)cc1. The van der Waals surface area contributed by atoms with Crippen LogP contribution in [0, 0.1) is 0 Å². The molecule has 0 saturated carbocycles. The standard InChI is InChI=1S/C20H20ClN3O2/c1-24(2)18(14-8-10-16(21)11-9-14)13-22-20(25)17-12-19(26-23-17)15-6-4-3-5-7-15/h3-12,18H,13H2,1-2H3,(H,22,25)/t18-/m0/s1. The summed E-state index contributed by atoms with van der Waals surface area (Å²) >= 11 is 5.95. The third-order valence-electron chi connectivity index (χ3n) is 4.14. The Morgan fingerprint density at radius 3 is 2.50 bits per heavy atom. The molecule has 134 valence electrons. The summed E-state index contributed by atoms with van der Waals surface area (Å²) in [6, 6.07) is 18.8. The quantitative estimate of drug-likeness (QED) is 0.712. The molecule has 0 aliphatic carbocycles. The Hall–Kier alpha value is -2.63. The Labute approximate surface area is 157 Å².